The number of alkyl halides is 3. The second kappa shape index (κ2) is 6.92. The highest BCUT2D eigenvalue weighted by molar-refractivity contribution is 5.81. The van der Waals surface area contributed by atoms with E-state index in [1.165, 1.54) is 6.92 Å². The van der Waals surface area contributed by atoms with E-state index in [2.05, 4.69) is 20.0 Å². The predicted molar refractivity (Wildman–Crippen MR) is 93.0 cm³/mol. The number of aryl methyl sites for hydroxylation is 1. The third-order valence-electron chi connectivity index (χ3n) is 5.01. The Bertz CT molecular complexity index is 931. The van der Waals surface area contributed by atoms with Crippen molar-refractivity contribution in [2.45, 2.75) is 38.4 Å². The fraction of sp³-hybridized carbons (Fsp3) is 0.421. The topological polar surface area (TPSA) is 55.1 Å². The average Bonchev–Trinajstić information content (AvgIpc) is 3.05. The number of pyridine rings is 2. The standard InChI is InChI=1S/C19H19F3N4O/c1-12-9-15(19(20,21)22)16-17(25-27-18(16)24-12)14-4-7-26(8-5-14)11-13-3-2-6-23-10-13/h2-3,6,9-10,14H,4-5,7-8,11H2,1H3. The first-order valence-electron chi connectivity index (χ1n) is 8.87. The van der Waals surface area contributed by atoms with Gasteiger partial charge in [0.2, 0.25) is 0 Å². The van der Waals surface area contributed by atoms with Crippen LogP contribution in [0.2, 0.25) is 0 Å². The highest BCUT2D eigenvalue weighted by Gasteiger charge is 2.37. The summed E-state index contributed by atoms with van der Waals surface area (Å²) in [6, 6.07) is 4.99. The van der Waals surface area contributed by atoms with Crippen LogP contribution in [-0.4, -0.2) is 33.1 Å². The maximum absolute atomic E-state index is 13.5. The van der Waals surface area contributed by atoms with Crippen LogP contribution in [-0.2, 0) is 12.7 Å². The van der Waals surface area contributed by atoms with Gasteiger partial charge in [-0.25, -0.2) is 4.98 Å². The van der Waals surface area contributed by atoms with E-state index >= 15 is 0 Å². The monoisotopic (exact) mass is 376 g/mol. The highest BCUT2D eigenvalue weighted by atomic mass is 19.4. The third-order valence-corrected chi connectivity index (χ3v) is 5.01. The molecule has 3 aromatic heterocycles. The second-order valence-electron chi connectivity index (χ2n) is 6.97. The van der Waals surface area contributed by atoms with Gasteiger partial charge in [-0.05, 0) is 50.6 Å². The first kappa shape index (κ1) is 17.9. The summed E-state index contributed by atoms with van der Waals surface area (Å²) in [5.41, 5.74) is 1.03. The Morgan fingerprint density at radius 3 is 2.70 bits per heavy atom. The summed E-state index contributed by atoms with van der Waals surface area (Å²) in [7, 11) is 0. The molecule has 142 valence electrons. The fourth-order valence-electron chi connectivity index (χ4n) is 3.71. The molecule has 4 rings (SSSR count). The maximum atomic E-state index is 13.5. The van der Waals surface area contributed by atoms with Crippen LogP contribution in [0.4, 0.5) is 13.2 Å². The first-order valence-corrected chi connectivity index (χ1v) is 8.87. The summed E-state index contributed by atoms with van der Waals surface area (Å²) in [5.74, 6) is -0.0676. The Morgan fingerprint density at radius 2 is 2.04 bits per heavy atom. The molecule has 0 amide bonds. The second-order valence-corrected chi connectivity index (χ2v) is 6.97. The van der Waals surface area contributed by atoms with Crippen LogP contribution < -0.4 is 0 Å². The molecular formula is C19H19F3N4O. The molecule has 0 saturated carbocycles. The van der Waals surface area contributed by atoms with Gasteiger partial charge in [0.25, 0.3) is 5.71 Å². The third kappa shape index (κ3) is 3.66. The molecule has 0 unspecified atom stereocenters. The van der Waals surface area contributed by atoms with Crippen LogP contribution in [0.5, 0.6) is 0 Å². The van der Waals surface area contributed by atoms with Crippen molar-refractivity contribution in [3.63, 3.8) is 0 Å². The van der Waals surface area contributed by atoms with E-state index < -0.39 is 11.7 Å². The van der Waals surface area contributed by atoms with Crippen LogP contribution in [0.3, 0.4) is 0 Å². The summed E-state index contributed by atoms with van der Waals surface area (Å²) in [5, 5.41) is 3.99. The first-order chi connectivity index (χ1) is 12.9. The van der Waals surface area contributed by atoms with Crippen molar-refractivity contribution >= 4 is 11.1 Å². The van der Waals surface area contributed by atoms with Crippen molar-refractivity contribution in [3.8, 4) is 0 Å². The normalized spacial score (nSPS) is 16.9. The van der Waals surface area contributed by atoms with Gasteiger partial charge in [-0.15, -0.1) is 0 Å². The molecule has 0 atom stereocenters. The minimum Gasteiger partial charge on any atom is -0.336 e. The van der Waals surface area contributed by atoms with Crippen molar-refractivity contribution in [1.82, 2.24) is 20.0 Å². The van der Waals surface area contributed by atoms with Crippen LogP contribution >= 0.6 is 0 Å². The zero-order chi connectivity index (χ0) is 19.0. The summed E-state index contributed by atoms with van der Waals surface area (Å²) < 4.78 is 45.7. The molecule has 3 aromatic rings. The Kier molecular flexibility index (Phi) is 4.59. The number of nitrogens with zero attached hydrogens (tertiary/aromatic N) is 4. The quantitative estimate of drug-likeness (QED) is 0.681. The summed E-state index contributed by atoms with van der Waals surface area (Å²) >= 11 is 0. The summed E-state index contributed by atoms with van der Waals surface area (Å²) in [6.07, 6.45) is 0.563. The SMILES string of the molecule is Cc1cc(C(F)(F)F)c2c(C3CCN(Cc4cccnc4)CC3)noc2n1. The Morgan fingerprint density at radius 1 is 1.26 bits per heavy atom. The van der Waals surface area contributed by atoms with E-state index in [4.69, 9.17) is 4.52 Å². The van der Waals surface area contributed by atoms with Gasteiger partial charge in [-0.2, -0.15) is 13.2 Å². The summed E-state index contributed by atoms with van der Waals surface area (Å²) in [6.45, 7) is 3.88. The molecule has 0 aromatic carbocycles. The van der Waals surface area contributed by atoms with Crippen LogP contribution in [0, 0.1) is 6.92 Å². The molecule has 0 radical (unpaired) electrons. The molecule has 0 aliphatic carbocycles. The lowest BCUT2D eigenvalue weighted by Gasteiger charge is -2.31. The highest BCUT2D eigenvalue weighted by Crippen LogP contribution is 2.40. The Labute approximate surface area is 154 Å². The smallest absolute Gasteiger partial charge is 0.336 e. The van der Waals surface area contributed by atoms with Crippen molar-refractivity contribution in [2.24, 2.45) is 0 Å². The molecule has 27 heavy (non-hydrogen) atoms. The lowest BCUT2D eigenvalue weighted by atomic mass is 9.90. The van der Waals surface area contributed by atoms with Gasteiger partial charge in [-0.1, -0.05) is 11.2 Å². The number of aromatic nitrogens is 3. The molecular weight excluding hydrogens is 357 g/mol. The molecule has 0 spiro atoms. The molecule has 8 heteroatoms. The Hall–Kier alpha value is -2.48. The molecule has 5 nitrogen and oxygen atoms in total. The molecule has 4 heterocycles. The number of halogens is 3. The van der Waals surface area contributed by atoms with Crippen molar-refractivity contribution in [3.05, 3.63) is 53.1 Å². The van der Waals surface area contributed by atoms with Gasteiger partial charge in [0.05, 0.1) is 16.6 Å². The molecule has 1 aliphatic heterocycles. The fourth-order valence-corrected chi connectivity index (χ4v) is 3.71. The van der Waals surface area contributed by atoms with Gasteiger partial charge in [0.15, 0.2) is 0 Å². The zero-order valence-electron chi connectivity index (χ0n) is 14.8. The maximum Gasteiger partial charge on any atom is 0.417 e. The lowest BCUT2D eigenvalue weighted by Crippen LogP contribution is -2.32. The van der Waals surface area contributed by atoms with Crippen molar-refractivity contribution in [1.29, 1.82) is 0 Å². The van der Waals surface area contributed by atoms with Crippen LogP contribution in [0.1, 0.15) is 41.3 Å². The van der Waals surface area contributed by atoms with Crippen LogP contribution in [0.15, 0.2) is 35.1 Å². The van der Waals surface area contributed by atoms with E-state index in [0.717, 1.165) is 44.1 Å². The average molecular weight is 376 g/mol. The van der Waals surface area contributed by atoms with Crippen molar-refractivity contribution in [2.75, 3.05) is 13.1 Å². The minimum absolute atomic E-state index is 0.0128. The minimum atomic E-state index is -4.47. The largest absolute Gasteiger partial charge is 0.417 e. The van der Waals surface area contributed by atoms with Gasteiger partial charge in [0.1, 0.15) is 0 Å². The van der Waals surface area contributed by atoms with Gasteiger partial charge < -0.3 is 4.52 Å². The number of fused-ring (bicyclic) bond motifs is 1. The zero-order valence-corrected chi connectivity index (χ0v) is 14.8. The molecule has 0 bridgehead atoms. The number of piperidine rings is 1. The van der Waals surface area contributed by atoms with E-state index in [0.29, 0.717) is 5.69 Å². The van der Waals surface area contributed by atoms with E-state index in [9.17, 15) is 13.2 Å². The lowest BCUT2D eigenvalue weighted by molar-refractivity contribution is -0.136. The summed E-state index contributed by atoms with van der Waals surface area (Å²) in [4.78, 5) is 10.5. The number of rotatable bonds is 3. The van der Waals surface area contributed by atoms with E-state index in [-0.39, 0.29) is 22.7 Å². The molecule has 0 N–H and O–H groups in total. The number of hydrogen-bond donors (Lipinski definition) is 0. The molecule has 1 aliphatic rings. The van der Waals surface area contributed by atoms with Gasteiger partial charge in [0, 0.05) is 30.6 Å². The van der Waals surface area contributed by atoms with Gasteiger partial charge >= 0.3 is 6.18 Å². The number of likely N-dealkylation sites (tertiary alicyclic amines) is 1. The molecule has 1 fully saturated rings. The van der Waals surface area contributed by atoms with Crippen molar-refractivity contribution < 1.29 is 17.7 Å². The van der Waals surface area contributed by atoms with E-state index in [1.54, 1.807) is 6.20 Å². The van der Waals surface area contributed by atoms with Crippen LogP contribution in [0.25, 0.3) is 11.1 Å². The van der Waals surface area contributed by atoms with E-state index in [1.807, 2.05) is 18.3 Å². The number of hydrogen-bond acceptors (Lipinski definition) is 5. The van der Waals surface area contributed by atoms with Gasteiger partial charge in [-0.3, -0.25) is 9.88 Å². The Balaban J connectivity index is 1.56. The molecule has 1 saturated heterocycles. The predicted octanol–water partition coefficient (Wildman–Crippen LogP) is 4.32.